The molecule has 3 aromatic heterocycles. The van der Waals surface area contributed by atoms with Crippen molar-refractivity contribution in [1.29, 1.82) is 5.26 Å². The summed E-state index contributed by atoms with van der Waals surface area (Å²) in [6.07, 6.45) is 3.49. The van der Waals surface area contributed by atoms with E-state index in [2.05, 4.69) is 46.1 Å². The van der Waals surface area contributed by atoms with Crippen LogP contribution >= 0.6 is 11.6 Å². The third kappa shape index (κ3) is 7.21. The molecule has 1 fully saturated rings. The molecule has 1 aliphatic heterocycles. The average molecular weight is 677 g/mol. The van der Waals surface area contributed by atoms with Gasteiger partial charge >= 0.3 is 6.01 Å². The molecule has 244 valence electrons. The number of nitrogens with zero attached hydrogens (tertiary/aromatic N) is 7. The van der Waals surface area contributed by atoms with Gasteiger partial charge in [0.15, 0.2) is 5.82 Å². The molecule has 10 nitrogen and oxygen atoms in total. The van der Waals surface area contributed by atoms with Crippen molar-refractivity contribution in [1.82, 2.24) is 30.0 Å². The molecule has 1 aliphatic rings. The van der Waals surface area contributed by atoms with Gasteiger partial charge in [0.05, 0.1) is 28.6 Å². The van der Waals surface area contributed by atoms with Crippen LogP contribution in [-0.4, -0.2) is 65.1 Å². The number of halogens is 3. The molecule has 4 heterocycles. The van der Waals surface area contributed by atoms with Crippen LogP contribution < -0.4 is 15.0 Å². The molecule has 0 amide bonds. The fraction of sp³-hybridized carbons (Fsp3) is 0.364. The maximum absolute atomic E-state index is 16.6. The second-order valence-corrected chi connectivity index (χ2v) is 18.7. The number of hydrogen-bond donors (Lipinski definition) is 1. The van der Waals surface area contributed by atoms with Gasteiger partial charge in [-0.25, -0.2) is 13.5 Å². The zero-order chi connectivity index (χ0) is 33.1. The van der Waals surface area contributed by atoms with Crippen molar-refractivity contribution >= 4 is 47.2 Å². The van der Waals surface area contributed by atoms with Gasteiger partial charge in [0.2, 0.25) is 0 Å². The van der Waals surface area contributed by atoms with E-state index < -0.39 is 19.7 Å². The zero-order valence-electron chi connectivity index (χ0n) is 26.4. The Kier molecular flexibility index (Phi) is 9.65. The minimum absolute atomic E-state index is 0.00178. The lowest BCUT2D eigenvalue weighted by Gasteiger charge is -2.34. The minimum Gasteiger partial charge on any atom is -0.457 e. The highest BCUT2D eigenvalue weighted by molar-refractivity contribution is 6.76. The Balaban J connectivity index is 1.37. The Morgan fingerprint density at radius 1 is 1.15 bits per heavy atom. The Morgan fingerprint density at radius 2 is 2.00 bits per heavy atom. The number of fused-ring (bicyclic) bond motifs is 2. The maximum atomic E-state index is 16.6. The fourth-order valence-electron chi connectivity index (χ4n) is 5.55. The number of nitrogens with one attached hydrogen (secondary N) is 1. The summed E-state index contributed by atoms with van der Waals surface area (Å²) in [7, 11) is -1.23. The number of ether oxygens (including phenoxy) is 2. The van der Waals surface area contributed by atoms with Crippen molar-refractivity contribution < 1.29 is 18.3 Å². The molecule has 0 aliphatic carbocycles. The number of rotatable bonds is 11. The van der Waals surface area contributed by atoms with E-state index in [1.54, 1.807) is 35.1 Å². The molecule has 0 radical (unpaired) electrons. The van der Waals surface area contributed by atoms with E-state index in [1.807, 2.05) is 11.0 Å². The van der Waals surface area contributed by atoms with Gasteiger partial charge in [-0.1, -0.05) is 55.5 Å². The molecule has 14 heteroatoms. The van der Waals surface area contributed by atoms with E-state index in [4.69, 9.17) is 26.1 Å². The van der Waals surface area contributed by atoms with Crippen LogP contribution in [0.3, 0.4) is 0 Å². The van der Waals surface area contributed by atoms with Crippen LogP contribution in [0.2, 0.25) is 30.7 Å². The lowest BCUT2D eigenvalue weighted by molar-refractivity contribution is 0.0736. The molecule has 1 saturated heterocycles. The van der Waals surface area contributed by atoms with E-state index in [0.717, 1.165) is 11.7 Å². The standard InChI is InChI=1S/C33H35ClF2N8O2Si/c1-47(2,3)16-15-45-20-44-23(10-12-40-44)19-46-33-41-31-25(32(42-33)43-14-13-38-22(18-43)9-11-37)17-39-30(29(31)36)24-6-4-5-21-7-8-26(35)28(34)27(21)24/h4-8,10,12,17,22,38H,9,13-16,18-20H2,1-3H3. The van der Waals surface area contributed by atoms with Gasteiger partial charge in [-0.15, -0.1) is 0 Å². The third-order valence-electron chi connectivity index (χ3n) is 8.09. The normalized spacial score (nSPS) is 15.3. The van der Waals surface area contributed by atoms with Crippen molar-refractivity contribution in [3.63, 3.8) is 0 Å². The van der Waals surface area contributed by atoms with Crippen molar-refractivity contribution in [2.45, 2.75) is 51.5 Å². The Labute approximate surface area is 277 Å². The van der Waals surface area contributed by atoms with Crippen molar-refractivity contribution in [3.8, 4) is 23.3 Å². The molecule has 47 heavy (non-hydrogen) atoms. The van der Waals surface area contributed by atoms with Crippen LogP contribution in [0.4, 0.5) is 14.6 Å². The highest BCUT2D eigenvalue weighted by atomic mass is 35.5. The van der Waals surface area contributed by atoms with Gasteiger partial charge in [-0.3, -0.25) is 4.98 Å². The van der Waals surface area contributed by atoms with E-state index in [-0.39, 0.29) is 41.6 Å². The topological polar surface area (TPSA) is 114 Å². The number of aromatic nitrogens is 5. The van der Waals surface area contributed by atoms with Crippen molar-refractivity contribution in [2.24, 2.45) is 0 Å². The lowest BCUT2D eigenvalue weighted by atomic mass is 10.0. The first kappa shape index (κ1) is 32.7. The van der Waals surface area contributed by atoms with Crippen molar-refractivity contribution in [3.05, 3.63) is 71.1 Å². The number of pyridine rings is 1. The monoisotopic (exact) mass is 676 g/mol. The highest BCUT2D eigenvalue weighted by Crippen LogP contribution is 2.38. The second kappa shape index (κ2) is 13.9. The first-order valence-electron chi connectivity index (χ1n) is 15.4. The minimum atomic E-state index is -1.23. The first-order chi connectivity index (χ1) is 22.6. The molecule has 6 rings (SSSR count). The first-order valence-corrected chi connectivity index (χ1v) is 19.5. The summed E-state index contributed by atoms with van der Waals surface area (Å²) in [6, 6.07) is 13.0. The largest absolute Gasteiger partial charge is 0.457 e. The van der Waals surface area contributed by atoms with Crippen LogP contribution in [0, 0.1) is 23.0 Å². The molecule has 0 spiro atoms. The summed E-state index contributed by atoms with van der Waals surface area (Å²) in [5, 5.41) is 18.3. The van der Waals surface area contributed by atoms with Crippen LogP contribution in [-0.2, 0) is 18.1 Å². The molecule has 1 unspecified atom stereocenters. The smallest absolute Gasteiger partial charge is 0.319 e. The Hall–Kier alpha value is -4.22. The molecule has 1 N–H and O–H groups in total. The molecular weight excluding hydrogens is 642 g/mol. The summed E-state index contributed by atoms with van der Waals surface area (Å²) >= 11 is 6.38. The summed E-state index contributed by atoms with van der Waals surface area (Å²) in [4.78, 5) is 15.7. The van der Waals surface area contributed by atoms with Crippen molar-refractivity contribution in [2.75, 3.05) is 31.1 Å². The van der Waals surface area contributed by atoms with Gasteiger partial charge in [0, 0.05) is 63.7 Å². The number of nitriles is 1. The summed E-state index contributed by atoms with van der Waals surface area (Å²) in [6.45, 7) is 9.53. The van der Waals surface area contributed by atoms with Gasteiger partial charge in [-0.05, 0) is 23.6 Å². The quantitative estimate of drug-likeness (QED) is 0.123. The van der Waals surface area contributed by atoms with Gasteiger partial charge < -0.3 is 19.7 Å². The zero-order valence-corrected chi connectivity index (χ0v) is 28.2. The number of hydrogen-bond acceptors (Lipinski definition) is 9. The van der Waals surface area contributed by atoms with E-state index in [0.29, 0.717) is 60.2 Å². The predicted molar refractivity (Wildman–Crippen MR) is 180 cm³/mol. The molecule has 0 bridgehead atoms. The SMILES string of the molecule is C[Si](C)(C)CCOCn1nccc1COc1nc(N2CCNC(CC#N)C2)c2cnc(-c3cccc4ccc(F)c(Cl)c34)c(F)c2n1. The number of anilines is 1. The lowest BCUT2D eigenvalue weighted by Crippen LogP contribution is -2.51. The third-order valence-corrected chi connectivity index (χ3v) is 10.2. The molecule has 1 atom stereocenters. The van der Waals surface area contributed by atoms with Gasteiger partial charge in [0.1, 0.15) is 36.2 Å². The summed E-state index contributed by atoms with van der Waals surface area (Å²) in [5.41, 5.74) is 1.05. The Bertz CT molecular complexity index is 1960. The van der Waals surface area contributed by atoms with Crippen LogP contribution in [0.25, 0.3) is 32.9 Å². The number of benzene rings is 2. The molecular formula is C33H35ClF2N8O2Si. The maximum Gasteiger partial charge on any atom is 0.319 e. The van der Waals surface area contributed by atoms with E-state index in [9.17, 15) is 9.65 Å². The second-order valence-electron chi connectivity index (χ2n) is 12.7. The van der Waals surface area contributed by atoms with Gasteiger partial charge in [0.25, 0.3) is 0 Å². The van der Waals surface area contributed by atoms with Crippen LogP contribution in [0.5, 0.6) is 6.01 Å². The molecule has 5 aromatic rings. The molecule has 2 aromatic carbocycles. The summed E-state index contributed by atoms with van der Waals surface area (Å²) in [5.74, 6) is -0.884. The van der Waals surface area contributed by atoms with E-state index in [1.165, 1.54) is 12.3 Å². The Morgan fingerprint density at radius 3 is 2.81 bits per heavy atom. The predicted octanol–water partition coefficient (Wildman–Crippen LogP) is 6.56. The average Bonchev–Trinajstić information content (AvgIpc) is 3.51. The highest BCUT2D eigenvalue weighted by Gasteiger charge is 2.26. The summed E-state index contributed by atoms with van der Waals surface area (Å²) < 4.78 is 44.8. The number of piperazine rings is 1. The molecule has 0 saturated carbocycles. The van der Waals surface area contributed by atoms with E-state index >= 15 is 4.39 Å². The fourth-order valence-corrected chi connectivity index (χ4v) is 6.58. The van der Waals surface area contributed by atoms with Gasteiger partial charge in [-0.2, -0.15) is 20.3 Å². The van der Waals surface area contributed by atoms with Crippen LogP contribution in [0.1, 0.15) is 12.1 Å². The van der Waals surface area contributed by atoms with Crippen LogP contribution in [0.15, 0.2) is 48.8 Å².